The van der Waals surface area contributed by atoms with Crippen LogP contribution >= 0.6 is 22.9 Å². The van der Waals surface area contributed by atoms with Crippen molar-refractivity contribution in [2.24, 2.45) is 0 Å². The molecule has 1 rings (SSSR count). The van der Waals surface area contributed by atoms with Crippen LogP contribution in [-0.4, -0.2) is 18.9 Å². The second-order valence-electron chi connectivity index (χ2n) is 2.33. The summed E-state index contributed by atoms with van der Waals surface area (Å²) in [6.07, 6.45) is 5.02. The van der Waals surface area contributed by atoms with Crippen LogP contribution < -0.4 is 5.32 Å². The lowest BCUT2D eigenvalue weighted by molar-refractivity contribution is 0.0996. The zero-order valence-corrected chi connectivity index (χ0v) is 8.41. The summed E-state index contributed by atoms with van der Waals surface area (Å²) in [6, 6.07) is 1.71. The Labute approximate surface area is 85.9 Å². The third-order valence-electron chi connectivity index (χ3n) is 1.38. The van der Waals surface area contributed by atoms with Gasteiger partial charge in [0.2, 0.25) is 0 Å². The molecule has 1 heterocycles. The molecule has 0 aromatic carbocycles. The summed E-state index contributed by atoms with van der Waals surface area (Å²) in [5, 5.41) is 5.11. The van der Waals surface area contributed by atoms with Crippen LogP contribution in [0.1, 0.15) is 9.67 Å². The van der Waals surface area contributed by atoms with Crippen LogP contribution in [0.15, 0.2) is 11.4 Å². The van der Waals surface area contributed by atoms with Gasteiger partial charge in [0.1, 0.15) is 0 Å². The monoisotopic (exact) mass is 213 g/mol. The molecule has 0 saturated carbocycles. The van der Waals surface area contributed by atoms with Crippen molar-refractivity contribution >= 4 is 28.7 Å². The van der Waals surface area contributed by atoms with Crippen LogP contribution in [0, 0.1) is 12.3 Å². The highest BCUT2D eigenvalue weighted by Crippen LogP contribution is 2.21. The predicted octanol–water partition coefficient (Wildman–Crippen LogP) is 1.81. The number of terminal acetylenes is 1. The predicted molar refractivity (Wildman–Crippen MR) is 55.4 cm³/mol. The Morgan fingerprint density at radius 2 is 2.54 bits per heavy atom. The van der Waals surface area contributed by atoms with Gasteiger partial charge in [-0.1, -0.05) is 17.5 Å². The second kappa shape index (κ2) is 5.03. The lowest BCUT2D eigenvalue weighted by Gasteiger charge is -1.98. The molecule has 0 spiro atoms. The maximum Gasteiger partial charge on any atom is 0.188 e. The van der Waals surface area contributed by atoms with Gasteiger partial charge in [0, 0.05) is 0 Å². The molecule has 0 atom stereocenters. The molecule has 1 N–H and O–H groups in total. The van der Waals surface area contributed by atoms with E-state index in [9.17, 15) is 4.79 Å². The average Bonchev–Trinajstić information content (AvgIpc) is 2.52. The zero-order chi connectivity index (χ0) is 9.68. The van der Waals surface area contributed by atoms with Gasteiger partial charge < -0.3 is 0 Å². The summed E-state index contributed by atoms with van der Waals surface area (Å²) >= 11 is 7.11. The smallest absolute Gasteiger partial charge is 0.188 e. The second-order valence-corrected chi connectivity index (χ2v) is 3.65. The Balaban J connectivity index is 2.50. The molecule has 0 fully saturated rings. The number of Topliss-reactive ketones (excluding diaryl/α,β-unsaturated/α-hetero) is 1. The van der Waals surface area contributed by atoms with E-state index in [0.29, 0.717) is 16.4 Å². The molecule has 0 saturated heterocycles. The first-order valence-corrected chi connectivity index (χ1v) is 4.92. The normalized spacial score (nSPS) is 9.54. The van der Waals surface area contributed by atoms with E-state index in [2.05, 4.69) is 11.2 Å². The lowest BCUT2D eigenvalue weighted by atomic mass is 10.3. The largest absolute Gasteiger partial charge is 0.299 e. The van der Waals surface area contributed by atoms with E-state index in [1.807, 2.05) is 0 Å². The van der Waals surface area contributed by atoms with Gasteiger partial charge in [-0.3, -0.25) is 10.1 Å². The van der Waals surface area contributed by atoms with Crippen LogP contribution in [0.4, 0.5) is 0 Å². The van der Waals surface area contributed by atoms with Gasteiger partial charge in [-0.25, -0.2) is 0 Å². The maximum atomic E-state index is 11.4. The molecule has 2 nitrogen and oxygen atoms in total. The first-order chi connectivity index (χ1) is 6.25. The minimum Gasteiger partial charge on any atom is -0.299 e. The van der Waals surface area contributed by atoms with Crippen molar-refractivity contribution in [2.75, 3.05) is 13.1 Å². The molecule has 13 heavy (non-hydrogen) atoms. The van der Waals surface area contributed by atoms with Crippen LogP contribution in [0.3, 0.4) is 0 Å². The van der Waals surface area contributed by atoms with Crippen molar-refractivity contribution in [3.8, 4) is 12.3 Å². The van der Waals surface area contributed by atoms with Crippen LogP contribution in [0.5, 0.6) is 0 Å². The molecule has 0 aliphatic carbocycles. The van der Waals surface area contributed by atoms with Crippen molar-refractivity contribution in [1.29, 1.82) is 0 Å². The number of nitrogens with one attached hydrogen (secondary N) is 1. The minimum atomic E-state index is -0.0183. The Morgan fingerprint density at radius 3 is 3.08 bits per heavy atom. The fourth-order valence-corrected chi connectivity index (χ4v) is 1.92. The molecular formula is C9H8ClNOS. The Bertz CT molecular complexity index is 340. The maximum absolute atomic E-state index is 11.4. The third-order valence-corrected chi connectivity index (χ3v) is 2.77. The summed E-state index contributed by atoms with van der Waals surface area (Å²) in [5.41, 5.74) is 0. The Morgan fingerprint density at radius 1 is 1.77 bits per heavy atom. The number of hydrogen-bond acceptors (Lipinski definition) is 3. The summed E-state index contributed by atoms with van der Waals surface area (Å²) in [5.74, 6) is 2.37. The molecule has 0 radical (unpaired) electrons. The number of halogens is 1. The van der Waals surface area contributed by atoms with Gasteiger partial charge in [0.25, 0.3) is 0 Å². The first-order valence-electron chi connectivity index (χ1n) is 3.66. The fourth-order valence-electron chi connectivity index (χ4n) is 0.821. The van der Waals surface area contributed by atoms with Gasteiger partial charge in [-0.2, -0.15) is 0 Å². The number of carbonyl (C=O) groups is 1. The van der Waals surface area contributed by atoms with Crippen molar-refractivity contribution in [3.05, 3.63) is 21.3 Å². The van der Waals surface area contributed by atoms with Crippen molar-refractivity contribution in [2.45, 2.75) is 0 Å². The van der Waals surface area contributed by atoms with Crippen molar-refractivity contribution in [3.63, 3.8) is 0 Å². The molecule has 0 aliphatic rings. The molecule has 1 aromatic rings. The van der Waals surface area contributed by atoms with Crippen LogP contribution in [-0.2, 0) is 0 Å². The van der Waals surface area contributed by atoms with Gasteiger partial charge >= 0.3 is 0 Å². The summed E-state index contributed by atoms with van der Waals surface area (Å²) < 4.78 is 0. The molecule has 0 unspecified atom stereocenters. The van der Waals surface area contributed by atoms with Gasteiger partial charge in [0.05, 0.1) is 23.0 Å². The molecule has 0 aliphatic heterocycles. The minimum absolute atomic E-state index is 0.0183. The molecule has 0 bridgehead atoms. The van der Waals surface area contributed by atoms with Gasteiger partial charge in [-0.15, -0.1) is 17.8 Å². The Hall–Kier alpha value is -0.820. The van der Waals surface area contributed by atoms with Crippen LogP contribution in [0.25, 0.3) is 0 Å². The van der Waals surface area contributed by atoms with Crippen molar-refractivity contribution < 1.29 is 4.79 Å². The van der Waals surface area contributed by atoms with Crippen LogP contribution in [0.2, 0.25) is 5.02 Å². The molecule has 1 aromatic heterocycles. The average molecular weight is 214 g/mol. The number of hydrogen-bond donors (Lipinski definition) is 1. The first kappa shape index (κ1) is 10.3. The molecule has 0 amide bonds. The van der Waals surface area contributed by atoms with E-state index in [0.717, 1.165) is 0 Å². The quantitative estimate of drug-likeness (QED) is 0.470. The molecular weight excluding hydrogens is 206 g/mol. The van der Waals surface area contributed by atoms with E-state index in [1.54, 1.807) is 11.4 Å². The van der Waals surface area contributed by atoms with E-state index < -0.39 is 0 Å². The SMILES string of the molecule is C#CCNCC(=O)c1sccc1Cl. The standard InChI is InChI=1S/C9H8ClNOS/c1-2-4-11-6-8(12)9-7(10)3-5-13-9/h1,3,5,11H,4,6H2. The third kappa shape index (κ3) is 2.85. The summed E-state index contributed by atoms with van der Waals surface area (Å²) in [4.78, 5) is 12.0. The molecule has 68 valence electrons. The van der Waals surface area contributed by atoms with Gasteiger partial charge in [-0.05, 0) is 11.4 Å². The zero-order valence-electron chi connectivity index (χ0n) is 6.84. The van der Waals surface area contributed by atoms with E-state index >= 15 is 0 Å². The fraction of sp³-hybridized carbons (Fsp3) is 0.222. The molecule has 4 heteroatoms. The highest BCUT2D eigenvalue weighted by Gasteiger charge is 2.10. The number of carbonyl (C=O) groups excluding carboxylic acids is 1. The highest BCUT2D eigenvalue weighted by molar-refractivity contribution is 7.12. The van der Waals surface area contributed by atoms with E-state index in [4.69, 9.17) is 18.0 Å². The Kier molecular flexibility index (Phi) is 3.97. The van der Waals surface area contributed by atoms with Gasteiger partial charge in [0.15, 0.2) is 5.78 Å². The number of thiophene rings is 1. The van der Waals surface area contributed by atoms with Crippen molar-refractivity contribution in [1.82, 2.24) is 5.32 Å². The summed E-state index contributed by atoms with van der Waals surface area (Å²) in [6.45, 7) is 0.638. The number of ketones is 1. The summed E-state index contributed by atoms with van der Waals surface area (Å²) in [7, 11) is 0. The van der Waals surface area contributed by atoms with E-state index in [-0.39, 0.29) is 12.3 Å². The topological polar surface area (TPSA) is 29.1 Å². The highest BCUT2D eigenvalue weighted by atomic mass is 35.5. The van der Waals surface area contributed by atoms with E-state index in [1.165, 1.54) is 11.3 Å². The lowest BCUT2D eigenvalue weighted by Crippen LogP contribution is -2.22. The number of rotatable bonds is 4.